The van der Waals surface area contributed by atoms with Crippen LogP contribution in [-0.4, -0.2) is 24.6 Å². The molecule has 0 saturated carbocycles. The van der Waals surface area contributed by atoms with E-state index in [9.17, 15) is 5.11 Å². The largest absolute Gasteiger partial charge is 0.507 e. The smallest absolute Gasteiger partial charge is 0.124 e. The zero-order chi connectivity index (χ0) is 41.9. The fraction of sp³-hybridized carbons (Fsp3) is 0.182. The number of aromatic nitrogens is 4. The molecule has 61 heavy (non-hydrogen) atoms. The maximum Gasteiger partial charge on any atom is 0.124 e. The predicted octanol–water partition coefficient (Wildman–Crippen LogP) is 14.0. The molecular weight excluding hydrogens is 928 g/mol. The molecule has 0 unspecified atom stereocenters. The molecule has 0 radical (unpaired) electrons. The molecule has 0 saturated heterocycles. The van der Waals surface area contributed by atoms with E-state index < -0.39 is 0 Å². The molecule has 4 aromatic heterocycles. The zero-order valence-electron chi connectivity index (χ0n) is 35.9. The molecule has 5 nitrogen and oxygen atoms in total. The standard InChI is InChI=1S/C55H49N4O.Pt/c1-34-25-43(26-35(2)56-34)59-51-21-11-9-17-44(51)45-24-23-38(32-52(45)59)48-20-14-19-47(57-48)36-15-13-16-37(27-36)49-30-40(31-50(58-49)46-18-10-12-22-53(46)60)39-28-41(54(3,4)5)33-42(29-39)55(6,7)8;/h9-26,28-33,60H,1-8H3;/q-1;. The summed E-state index contributed by atoms with van der Waals surface area (Å²) in [5.74, 6) is 0.190. The van der Waals surface area contributed by atoms with Crippen LogP contribution >= 0.6 is 0 Å². The third-order valence-electron chi connectivity index (χ3n) is 11.4. The molecule has 1 N–H and O–H groups in total. The number of aryl methyl sites for hydroxylation is 2. The molecule has 0 atom stereocenters. The van der Waals surface area contributed by atoms with Crippen molar-refractivity contribution in [3.8, 4) is 67.6 Å². The van der Waals surface area contributed by atoms with Gasteiger partial charge in [-0.1, -0.05) is 132 Å². The predicted molar refractivity (Wildman–Crippen MR) is 249 cm³/mol. The maximum atomic E-state index is 11.0. The summed E-state index contributed by atoms with van der Waals surface area (Å²) in [6, 6.07) is 54.1. The Labute approximate surface area is 373 Å². The molecule has 0 aliphatic heterocycles. The van der Waals surface area contributed by atoms with Gasteiger partial charge in [0.25, 0.3) is 0 Å². The summed E-state index contributed by atoms with van der Waals surface area (Å²) in [7, 11) is 0. The topological polar surface area (TPSA) is 63.8 Å². The van der Waals surface area contributed by atoms with Crippen molar-refractivity contribution >= 4 is 21.8 Å². The fourth-order valence-electron chi connectivity index (χ4n) is 8.19. The van der Waals surface area contributed by atoms with Crippen LogP contribution in [0.5, 0.6) is 5.75 Å². The van der Waals surface area contributed by atoms with E-state index >= 15 is 0 Å². The molecule has 0 fully saturated rings. The van der Waals surface area contributed by atoms with Gasteiger partial charge in [0.05, 0.1) is 22.4 Å². The molecule has 4 heterocycles. The van der Waals surface area contributed by atoms with Crippen LogP contribution in [0.4, 0.5) is 0 Å². The first-order valence-corrected chi connectivity index (χ1v) is 20.7. The number of phenols is 1. The van der Waals surface area contributed by atoms with E-state index in [2.05, 4.69) is 166 Å². The van der Waals surface area contributed by atoms with Crippen molar-refractivity contribution in [1.82, 2.24) is 19.5 Å². The third kappa shape index (κ3) is 8.20. The SMILES string of the molecule is Cc1cc(-n2c3ccccc3c3ccc(-c4cccc(-c5[c-]c(-c6cc(-c7cc(C(C)(C)C)cc(C(C)(C)C)c7)cc(-c7ccccc7O)n6)ccc5)n4)cc32)cc(C)n1.[Pt]. The first-order chi connectivity index (χ1) is 28.7. The van der Waals surface area contributed by atoms with Gasteiger partial charge in [-0.15, -0.1) is 24.3 Å². The zero-order valence-corrected chi connectivity index (χ0v) is 38.2. The Morgan fingerprint density at radius 1 is 0.475 bits per heavy atom. The molecular formula is C55H49N4OPt-. The van der Waals surface area contributed by atoms with Crippen LogP contribution in [0.25, 0.3) is 83.6 Å². The molecule has 6 heteroatoms. The Kier molecular flexibility index (Phi) is 10.9. The van der Waals surface area contributed by atoms with Crippen LogP contribution < -0.4 is 0 Å². The van der Waals surface area contributed by atoms with E-state index in [1.54, 1.807) is 6.07 Å². The van der Waals surface area contributed by atoms with E-state index in [1.807, 2.05) is 44.2 Å². The first kappa shape index (κ1) is 41.6. The number of nitrogens with zero attached hydrogens (tertiary/aromatic N) is 4. The molecule has 5 aromatic carbocycles. The number of para-hydroxylation sites is 2. The van der Waals surface area contributed by atoms with Gasteiger partial charge in [0, 0.05) is 71.4 Å². The van der Waals surface area contributed by atoms with E-state index in [1.165, 1.54) is 21.9 Å². The van der Waals surface area contributed by atoms with E-state index in [4.69, 9.17) is 9.97 Å². The van der Waals surface area contributed by atoms with Crippen molar-refractivity contribution in [2.24, 2.45) is 0 Å². The maximum absolute atomic E-state index is 11.0. The van der Waals surface area contributed by atoms with Crippen LogP contribution in [0, 0.1) is 19.9 Å². The van der Waals surface area contributed by atoms with Gasteiger partial charge in [-0.05, 0) is 95.5 Å². The van der Waals surface area contributed by atoms with Crippen LogP contribution in [0.3, 0.4) is 0 Å². The normalized spacial score (nSPS) is 11.9. The van der Waals surface area contributed by atoms with Gasteiger partial charge in [0.2, 0.25) is 0 Å². The molecule has 9 rings (SSSR count). The Morgan fingerprint density at radius 2 is 1.05 bits per heavy atom. The Hall–Kier alpha value is -6.16. The van der Waals surface area contributed by atoms with Crippen LogP contribution in [-0.2, 0) is 31.9 Å². The second kappa shape index (κ2) is 16.0. The fourth-order valence-corrected chi connectivity index (χ4v) is 8.19. The second-order valence-corrected chi connectivity index (χ2v) is 18.0. The number of hydrogen-bond acceptors (Lipinski definition) is 4. The minimum Gasteiger partial charge on any atom is -0.507 e. The number of hydrogen-bond donors (Lipinski definition) is 1. The summed E-state index contributed by atoms with van der Waals surface area (Å²) in [6.45, 7) is 17.7. The number of pyridine rings is 3. The first-order valence-electron chi connectivity index (χ1n) is 20.7. The number of aromatic hydroxyl groups is 1. The minimum absolute atomic E-state index is 0. The van der Waals surface area contributed by atoms with Gasteiger partial charge in [0.1, 0.15) is 5.75 Å². The van der Waals surface area contributed by atoms with Gasteiger partial charge in [-0.25, -0.2) is 0 Å². The number of rotatable bonds is 6. The average Bonchev–Trinajstić information content (AvgIpc) is 3.56. The van der Waals surface area contributed by atoms with E-state index in [0.29, 0.717) is 11.3 Å². The van der Waals surface area contributed by atoms with Crippen molar-refractivity contribution < 1.29 is 26.2 Å². The second-order valence-electron chi connectivity index (χ2n) is 18.0. The van der Waals surface area contributed by atoms with Gasteiger partial charge in [0.15, 0.2) is 0 Å². The van der Waals surface area contributed by atoms with Crippen molar-refractivity contribution in [2.45, 2.75) is 66.2 Å². The Morgan fingerprint density at radius 3 is 1.75 bits per heavy atom. The summed E-state index contributed by atoms with van der Waals surface area (Å²) >= 11 is 0. The van der Waals surface area contributed by atoms with Crippen LogP contribution in [0.1, 0.15) is 64.1 Å². The molecule has 0 bridgehead atoms. The Bertz CT molecular complexity index is 3060. The van der Waals surface area contributed by atoms with Crippen molar-refractivity contribution in [3.05, 3.63) is 174 Å². The van der Waals surface area contributed by atoms with Gasteiger partial charge >= 0.3 is 0 Å². The van der Waals surface area contributed by atoms with Gasteiger partial charge in [-0.2, -0.15) is 0 Å². The molecule has 9 aromatic rings. The van der Waals surface area contributed by atoms with Crippen LogP contribution in [0.2, 0.25) is 0 Å². The summed E-state index contributed by atoms with van der Waals surface area (Å²) in [4.78, 5) is 15.1. The molecule has 0 aliphatic rings. The van der Waals surface area contributed by atoms with Gasteiger partial charge < -0.3 is 9.67 Å². The minimum atomic E-state index is -0.0436. The monoisotopic (exact) mass is 976 g/mol. The van der Waals surface area contributed by atoms with Crippen molar-refractivity contribution in [3.63, 3.8) is 0 Å². The summed E-state index contributed by atoms with van der Waals surface area (Å²) < 4.78 is 2.34. The quantitative estimate of drug-likeness (QED) is 0.169. The molecule has 0 spiro atoms. The number of benzene rings is 5. The van der Waals surface area contributed by atoms with Gasteiger partial charge in [-0.3, -0.25) is 15.0 Å². The van der Waals surface area contributed by atoms with Crippen molar-refractivity contribution in [2.75, 3.05) is 0 Å². The molecule has 0 aliphatic carbocycles. The summed E-state index contributed by atoms with van der Waals surface area (Å²) in [5.41, 5.74) is 16.5. The van der Waals surface area contributed by atoms with Crippen LogP contribution in [0.15, 0.2) is 146 Å². The Balaban J connectivity index is 0.00000514. The van der Waals surface area contributed by atoms with E-state index in [-0.39, 0.29) is 37.6 Å². The average molecular weight is 977 g/mol. The summed E-state index contributed by atoms with van der Waals surface area (Å²) in [6.07, 6.45) is 0. The number of fused-ring (bicyclic) bond motifs is 3. The summed E-state index contributed by atoms with van der Waals surface area (Å²) in [5, 5.41) is 13.4. The van der Waals surface area contributed by atoms with Crippen molar-refractivity contribution in [1.29, 1.82) is 0 Å². The number of phenolic OH excluding ortho intramolecular Hbond substituents is 1. The molecule has 306 valence electrons. The van der Waals surface area contributed by atoms with E-state index in [0.717, 1.165) is 73.0 Å². The third-order valence-corrected chi connectivity index (χ3v) is 11.4. The molecule has 0 amide bonds.